The van der Waals surface area contributed by atoms with Crippen molar-refractivity contribution in [3.63, 3.8) is 0 Å². The fourth-order valence-electron chi connectivity index (χ4n) is 2.69. The molecule has 2 N–H and O–H groups in total. The minimum absolute atomic E-state index is 0.274. The Hall–Kier alpha value is -3.35. The highest BCUT2D eigenvalue weighted by Crippen LogP contribution is 2.22. The number of benzene rings is 3. The third kappa shape index (κ3) is 5.84. The van der Waals surface area contributed by atoms with E-state index in [0.717, 1.165) is 5.56 Å². The van der Waals surface area contributed by atoms with Crippen molar-refractivity contribution in [3.05, 3.63) is 93.5 Å². The molecule has 0 heterocycles. The SMILES string of the molecule is COc1cccc(C(=O)NN=C(C)c2ccc(NC(=O)c3ccc(Cl)cc3Cl)cc2)c1. The molecule has 3 aromatic rings. The first-order valence-electron chi connectivity index (χ1n) is 9.23. The molecule has 2 amide bonds. The fraction of sp³-hybridized carbons (Fsp3) is 0.0870. The number of hydrogen-bond donors (Lipinski definition) is 2. The van der Waals surface area contributed by atoms with Crippen molar-refractivity contribution in [2.24, 2.45) is 5.10 Å². The van der Waals surface area contributed by atoms with Crippen LogP contribution in [0.2, 0.25) is 10.0 Å². The van der Waals surface area contributed by atoms with Gasteiger partial charge in [0.25, 0.3) is 11.8 Å². The van der Waals surface area contributed by atoms with Crippen LogP contribution in [0.1, 0.15) is 33.2 Å². The number of hydrogen-bond acceptors (Lipinski definition) is 4. The molecule has 3 aromatic carbocycles. The van der Waals surface area contributed by atoms with Gasteiger partial charge in [-0.05, 0) is 61.0 Å². The van der Waals surface area contributed by atoms with Gasteiger partial charge in [0.05, 0.1) is 23.4 Å². The van der Waals surface area contributed by atoms with Gasteiger partial charge in [-0.1, -0.05) is 41.4 Å². The number of nitrogens with zero attached hydrogens (tertiary/aromatic N) is 1. The summed E-state index contributed by atoms with van der Waals surface area (Å²) in [7, 11) is 1.54. The molecule has 0 aromatic heterocycles. The molecule has 0 saturated heterocycles. The van der Waals surface area contributed by atoms with Crippen molar-refractivity contribution >= 4 is 46.4 Å². The van der Waals surface area contributed by atoms with Crippen LogP contribution in [-0.4, -0.2) is 24.6 Å². The van der Waals surface area contributed by atoms with Gasteiger partial charge in [0.2, 0.25) is 0 Å². The molecular weight excluding hydrogens is 437 g/mol. The van der Waals surface area contributed by atoms with Crippen molar-refractivity contribution < 1.29 is 14.3 Å². The second-order valence-electron chi connectivity index (χ2n) is 6.53. The Bertz CT molecular complexity index is 1150. The lowest BCUT2D eigenvalue weighted by molar-refractivity contribution is 0.0953. The summed E-state index contributed by atoms with van der Waals surface area (Å²) in [6.45, 7) is 1.77. The van der Waals surface area contributed by atoms with Gasteiger partial charge in [-0.2, -0.15) is 5.10 Å². The summed E-state index contributed by atoms with van der Waals surface area (Å²) < 4.78 is 5.12. The van der Waals surface area contributed by atoms with E-state index < -0.39 is 0 Å². The van der Waals surface area contributed by atoms with E-state index >= 15 is 0 Å². The zero-order valence-electron chi connectivity index (χ0n) is 16.8. The molecule has 158 valence electrons. The monoisotopic (exact) mass is 455 g/mol. The zero-order chi connectivity index (χ0) is 22.4. The minimum Gasteiger partial charge on any atom is -0.497 e. The molecule has 31 heavy (non-hydrogen) atoms. The molecule has 6 nitrogen and oxygen atoms in total. The number of hydrazone groups is 1. The Labute approximate surface area is 189 Å². The van der Waals surface area contributed by atoms with E-state index in [1.54, 1.807) is 67.6 Å². The highest BCUT2D eigenvalue weighted by molar-refractivity contribution is 6.37. The van der Waals surface area contributed by atoms with Crippen LogP contribution in [0.5, 0.6) is 5.75 Å². The Morgan fingerprint density at radius 2 is 1.65 bits per heavy atom. The Morgan fingerprint density at radius 3 is 2.32 bits per heavy atom. The van der Waals surface area contributed by atoms with Gasteiger partial charge in [-0.25, -0.2) is 5.43 Å². The molecule has 0 fully saturated rings. The number of halogens is 2. The Kier molecular flexibility index (Phi) is 7.28. The smallest absolute Gasteiger partial charge is 0.271 e. The fourth-order valence-corrected chi connectivity index (χ4v) is 3.19. The van der Waals surface area contributed by atoms with Crippen molar-refractivity contribution in [1.29, 1.82) is 0 Å². The predicted molar refractivity (Wildman–Crippen MR) is 124 cm³/mol. The number of nitrogens with one attached hydrogen (secondary N) is 2. The molecule has 0 radical (unpaired) electrons. The molecule has 0 atom stereocenters. The van der Waals surface area contributed by atoms with Gasteiger partial charge in [0.1, 0.15) is 5.75 Å². The molecule has 3 rings (SSSR count). The van der Waals surface area contributed by atoms with Gasteiger partial charge in [0.15, 0.2) is 0 Å². The van der Waals surface area contributed by atoms with E-state index in [1.807, 2.05) is 0 Å². The molecule has 0 aliphatic rings. The topological polar surface area (TPSA) is 79.8 Å². The van der Waals surface area contributed by atoms with Crippen molar-refractivity contribution in [2.45, 2.75) is 6.92 Å². The lowest BCUT2D eigenvalue weighted by atomic mass is 10.1. The van der Waals surface area contributed by atoms with Gasteiger partial charge in [-0.3, -0.25) is 9.59 Å². The van der Waals surface area contributed by atoms with Crippen LogP contribution in [0.15, 0.2) is 71.8 Å². The highest BCUT2D eigenvalue weighted by Gasteiger charge is 2.11. The second-order valence-corrected chi connectivity index (χ2v) is 7.37. The maximum absolute atomic E-state index is 12.4. The van der Waals surface area contributed by atoms with Crippen LogP contribution >= 0.6 is 23.2 Å². The lowest BCUT2D eigenvalue weighted by Crippen LogP contribution is -2.19. The van der Waals surface area contributed by atoms with Crippen LogP contribution in [-0.2, 0) is 0 Å². The van der Waals surface area contributed by atoms with Gasteiger partial charge < -0.3 is 10.1 Å². The van der Waals surface area contributed by atoms with Crippen LogP contribution in [0.25, 0.3) is 0 Å². The van der Waals surface area contributed by atoms with E-state index in [4.69, 9.17) is 27.9 Å². The van der Waals surface area contributed by atoms with E-state index in [1.165, 1.54) is 13.2 Å². The molecule has 8 heteroatoms. The van der Waals surface area contributed by atoms with Crippen molar-refractivity contribution in [1.82, 2.24) is 5.43 Å². The summed E-state index contributed by atoms with van der Waals surface area (Å²) >= 11 is 11.9. The summed E-state index contributed by atoms with van der Waals surface area (Å²) in [6.07, 6.45) is 0. The number of methoxy groups -OCH3 is 1. The zero-order valence-corrected chi connectivity index (χ0v) is 18.3. The number of anilines is 1. The van der Waals surface area contributed by atoms with Gasteiger partial charge in [0, 0.05) is 16.3 Å². The van der Waals surface area contributed by atoms with Crippen LogP contribution < -0.4 is 15.5 Å². The Balaban J connectivity index is 1.64. The summed E-state index contributed by atoms with van der Waals surface area (Å²) in [5, 5.41) is 7.65. The first-order chi connectivity index (χ1) is 14.9. The maximum Gasteiger partial charge on any atom is 0.271 e. The van der Waals surface area contributed by atoms with Crippen molar-refractivity contribution in [3.8, 4) is 5.75 Å². The summed E-state index contributed by atoms with van der Waals surface area (Å²) in [6, 6.07) is 18.5. The molecular formula is C23H19Cl2N3O3. The van der Waals surface area contributed by atoms with Crippen LogP contribution in [0.3, 0.4) is 0 Å². The summed E-state index contributed by atoms with van der Waals surface area (Å²) in [5.74, 6) is -0.0989. The van der Waals surface area contributed by atoms with E-state index in [0.29, 0.717) is 33.3 Å². The van der Waals surface area contributed by atoms with Crippen LogP contribution in [0, 0.1) is 0 Å². The van der Waals surface area contributed by atoms with Crippen LogP contribution in [0.4, 0.5) is 5.69 Å². The number of carbonyl (C=O) groups is 2. The average Bonchev–Trinajstić information content (AvgIpc) is 2.77. The number of amides is 2. The number of ether oxygens (including phenoxy) is 1. The third-order valence-electron chi connectivity index (χ3n) is 4.39. The molecule has 0 spiro atoms. The standard InChI is InChI=1S/C23H19Cl2N3O3/c1-14(27-28-22(29)16-4-3-5-19(12-16)31-2)15-6-9-18(10-7-15)26-23(30)20-11-8-17(24)13-21(20)25/h3-13H,1-2H3,(H,26,30)(H,28,29). The highest BCUT2D eigenvalue weighted by atomic mass is 35.5. The van der Waals surface area contributed by atoms with E-state index in [2.05, 4.69) is 15.8 Å². The molecule has 0 aliphatic heterocycles. The third-order valence-corrected chi connectivity index (χ3v) is 4.94. The molecule has 0 saturated carbocycles. The minimum atomic E-state index is -0.345. The normalized spacial score (nSPS) is 11.0. The predicted octanol–water partition coefficient (Wildman–Crippen LogP) is 5.41. The van der Waals surface area contributed by atoms with E-state index in [-0.39, 0.29) is 16.8 Å². The average molecular weight is 456 g/mol. The first kappa shape index (κ1) is 22.3. The quantitative estimate of drug-likeness (QED) is 0.385. The molecule has 0 unspecified atom stereocenters. The largest absolute Gasteiger partial charge is 0.497 e. The molecule has 0 aliphatic carbocycles. The number of carbonyl (C=O) groups excluding carboxylic acids is 2. The first-order valence-corrected chi connectivity index (χ1v) is 9.98. The van der Waals surface area contributed by atoms with Crippen molar-refractivity contribution in [2.75, 3.05) is 12.4 Å². The molecule has 0 bridgehead atoms. The maximum atomic E-state index is 12.4. The Morgan fingerprint density at radius 1 is 0.903 bits per heavy atom. The lowest BCUT2D eigenvalue weighted by Gasteiger charge is -2.08. The van der Waals surface area contributed by atoms with Gasteiger partial charge in [-0.15, -0.1) is 0 Å². The second kappa shape index (κ2) is 10.1. The van der Waals surface area contributed by atoms with Gasteiger partial charge >= 0.3 is 0 Å². The summed E-state index contributed by atoms with van der Waals surface area (Å²) in [4.78, 5) is 24.7. The number of rotatable bonds is 6. The summed E-state index contributed by atoms with van der Waals surface area (Å²) in [5.41, 5.74) is 5.28. The van der Waals surface area contributed by atoms with E-state index in [9.17, 15) is 9.59 Å².